The number of thioether (sulfide) groups is 1. The van der Waals surface area contributed by atoms with Crippen molar-refractivity contribution in [1.82, 2.24) is 14.8 Å². The molecule has 0 aliphatic carbocycles. The van der Waals surface area contributed by atoms with Gasteiger partial charge in [0.15, 0.2) is 5.82 Å². The molecule has 1 atom stereocenters. The summed E-state index contributed by atoms with van der Waals surface area (Å²) < 4.78 is 7.97. The van der Waals surface area contributed by atoms with E-state index in [0.29, 0.717) is 11.9 Å². The summed E-state index contributed by atoms with van der Waals surface area (Å²) in [5.74, 6) is 3.05. The van der Waals surface area contributed by atoms with E-state index < -0.39 is 0 Å². The first-order valence-electron chi connectivity index (χ1n) is 6.54. The van der Waals surface area contributed by atoms with Crippen LogP contribution in [0.15, 0.2) is 6.33 Å². The van der Waals surface area contributed by atoms with E-state index >= 15 is 0 Å². The Kier molecular flexibility index (Phi) is 3.59. The van der Waals surface area contributed by atoms with Gasteiger partial charge in [0.05, 0.1) is 11.6 Å². The van der Waals surface area contributed by atoms with Gasteiger partial charge < -0.3 is 9.84 Å². The maximum Gasteiger partial charge on any atom is 0.152 e. The summed E-state index contributed by atoms with van der Waals surface area (Å²) in [6, 6.07) is 0.325. The topological polar surface area (TPSA) is 60.2 Å². The summed E-state index contributed by atoms with van der Waals surface area (Å²) in [6.45, 7) is 0.750. The van der Waals surface area contributed by atoms with Crippen LogP contribution >= 0.6 is 11.8 Å². The van der Waals surface area contributed by atoms with Crippen molar-refractivity contribution in [2.24, 2.45) is 0 Å². The van der Waals surface area contributed by atoms with Crippen molar-refractivity contribution in [3.05, 3.63) is 12.2 Å². The monoisotopic (exact) mass is 269 g/mol. The minimum Gasteiger partial charge on any atom is -0.388 e. The summed E-state index contributed by atoms with van der Waals surface area (Å²) >= 11 is 2.01. The number of nitrogens with zero attached hydrogens (tertiary/aromatic N) is 3. The number of ether oxygens (including phenoxy) is 1. The summed E-state index contributed by atoms with van der Waals surface area (Å²) in [7, 11) is 0. The van der Waals surface area contributed by atoms with Gasteiger partial charge in [-0.15, -0.1) is 0 Å². The van der Waals surface area contributed by atoms with Gasteiger partial charge in [-0.25, -0.2) is 9.67 Å². The van der Waals surface area contributed by atoms with Crippen molar-refractivity contribution in [3.8, 4) is 0 Å². The maximum absolute atomic E-state index is 9.28. The van der Waals surface area contributed by atoms with E-state index in [1.165, 1.54) is 17.8 Å². The molecular weight excluding hydrogens is 250 g/mol. The van der Waals surface area contributed by atoms with Crippen molar-refractivity contribution < 1.29 is 9.84 Å². The molecule has 0 bridgehead atoms. The van der Waals surface area contributed by atoms with Crippen LogP contribution in [0.4, 0.5) is 0 Å². The van der Waals surface area contributed by atoms with Gasteiger partial charge in [0, 0.05) is 6.61 Å². The number of aromatic nitrogens is 3. The smallest absolute Gasteiger partial charge is 0.152 e. The highest BCUT2D eigenvalue weighted by Gasteiger charge is 2.39. The molecule has 0 amide bonds. The minimum absolute atomic E-state index is 0.0415. The van der Waals surface area contributed by atoms with Gasteiger partial charge in [0.1, 0.15) is 12.9 Å². The standard InChI is InChI=1S/C12H19N3O2S/c16-8-11-13-9-14-15(11)10-1-4-17-12(7-10)2-5-18-6-3-12/h9-10,16H,1-8H2. The van der Waals surface area contributed by atoms with E-state index in [2.05, 4.69) is 10.1 Å². The number of rotatable bonds is 2. The molecule has 1 spiro atoms. The third-order valence-electron chi connectivity index (χ3n) is 4.01. The fourth-order valence-corrected chi connectivity index (χ4v) is 4.23. The van der Waals surface area contributed by atoms with Gasteiger partial charge in [-0.2, -0.15) is 16.9 Å². The zero-order valence-electron chi connectivity index (χ0n) is 10.4. The van der Waals surface area contributed by atoms with E-state index in [1.54, 1.807) is 0 Å². The second-order valence-corrected chi connectivity index (χ2v) is 6.29. The van der Waals surface area contributed by atoms with Crippen molar-refractivity contribution >= 4 is 11.8 Å². The SMILES string of the molecule is OCc1ncnn1C1CCOC2(CCSCC2)C1. The number of aliphatic hydroxyl groups is 1. The van der Waals surface area contributed by atoms with Crippen molar-refractivity contribution in [2.75, 3.05) is 18.1 Å². The van der Waals surface area contributed by atoms with Crippen molar-refractivity contribution in [3.63, 3.8) is 0 Å². The Morgan fingerprint density at radius 3 is 3.11 bits per heavy atom. The molecule has 0 aromatic carbocycles. The van der Waals surface area contributed by atoms with Crippen molar-refractivity contribution in [2.45, 2.75) is 43.9 Å². The van der Waals surface area contributed by atoms with Crippen LogP contribution in [-0.4, -0.2) is 43.6 Å². The van der Waals surface area contributed by atoms with E-state index in [9.17, 15) is 5.11 Å². The molecule has 1 aromatic heterocycles. The summed E-state index contributed by atoms with van der Waals surface area (Å²) in [4.78, 5) is 4.10. The Morgan fingerprint density at radius 2 is 2.33 bits per heavy atom. The molecule has 18 heavy (non-hydrogen) atoms. The Bertz CT molecular complexity index is 398. The molecule has 2 fully saturated rings. The molecule has 3 rings (SSSR count). The zero-order chi connectivity index (χ0) is 12.4. The third-order valence-corrected chi connectivity index (χ3v) is 4.99. The lowest BCUT2D eigenvalue weighted by Gasteiger charge is -2.43. The van der Waals surface area contributed by atoms with Crippen LogP contribution in [0.3, 0.4) is 0 Å². The van der Waals surface area contributed by atoms with Gasteiger partial charge in [-0.3, -0.25) is 0 Å². The minimum atomic E-state index is -0.0415. The molecule has 3 heterocycles. The van der Waals surface area contributed by atoms with E-state index in [-0.39, 0.29) is 12.2 Å². The number of hydrogen-bond donors (Lipinski definition) is 1. The Labute approximate surface area is 111 Å². The van der Waals surface area contributed by atoms with Crippen LogP contribution in [0.5, 0.6) is 0 Å². The molecule has 1 unspecified atom stereocenters. The lowest BCUT2D eigenvalue weighted by atomic mass is 9.85. The van der Waals surface area contributed by atoms with Crippen LogP contribution in [-0.2, 0) is 11.3 Å². The number of aliphatic hydroxyl groups excluding tert-OH is 1. The first-order chi connectivity index (χ1) is 8.83. The molecule has 2 aliphatic rings. The first kappa shape index (κ1) is 12.4. The molecule has 5 nitrogen and oxygen atoms in total. The van der Waals surface area contributed by atoms with Crippen LogP contribution in [0.25, 0.3) is 0 Å². The fraction of sp³-hybridized carbons (Fsp3) is 0.833. The molecule has 100 valence electrons. The van der Waals surface area contributed by atoms with E-state index in [0.717, 1.165) is 32.3 Å². The van der Waals surface area contributed by atoms with Crippen LogP contribution < -0.4 is 0 Å². The van der Waals surface area contributed by atoms with Gasteiger partial charge in [0.2, 0.25) is 0 Å². The lowest BCUT2D eigenvalue weighted by molar-refractivity contribution is -0.101. The molecule has 6 heteroatoms. The van der Waals surface area contributed by atoms with Gasteiger partial charge in [-0.1, -0.05) is 0 Å². The quantitative estimate of drug-likeness (QED) is 0.879. The average Bonchev–Trinajstić information content (AvgIpc) is 2.88. The highest BCUT2D eigenvalue weighted by atomic mass is 32.2. The highest BCUT2D eigenvalue weighted by Crippen LogP contribution is 2.41. The van der Waals surface area contributed by atoms with Gasteiger partial charge in [0.25, 0.3) is 0 Å². The predicted molar refractivity (Wildman–Crippen MR) is 69.5 cm³/mol. The van der Waals surface area contributed by atoms with Crippen LogP contribution in [0.1, 0.15) is 37.5 Å². The summed E-state index contributed by atoms with van der Waals surface area (Å²) in [5, 5.41) is 13.6. The molecule has 0 saturated carbocycles. The van der Waals surface area contributed by atoms with Crippen LogP contribution in [0, 0.1) is 0 Å². The molecule has 1 aromatic rings. The Morgan fingerprint density at radius 1 is 1.50 bits per heavy atom. The highest BCUT2D eigenvalue weighted by molar-refractivity contribution is 7.99. The maximum atomic E-state index is 9.28. The fourth-order valence-electron chi connectivity index (χ4n) is 2.99. The molecule has 2 aliphatic heterocycles. The molecule has 1 N–H and O–H groups in total. The Balaban J connectivity index is 1.77. The average molecular weight is 269 g/mol. The first-order valence-corrected chi connectivity index (χ1v) is 7.69. The van der Waals surface area contributed by atoms with Crippen LogP contribution in [0.2, 0.25) is 0 Å². The predicted octanol–water partition coefficient (Wildman–Crippen LogP) is 1.39. The second kappa shape index (κ2) is 5.19. The van der Waals surface area contributed by atoms with E-state index in [1.807, 2.05) is 16.4 Å². The molecule has 2 saturated heterocycles. The van der Waals surface area contributed by atoms with Crippen molar-refractivity contribution in [1.29, 1.82) is 0 Å². The lowest BCUT2D eigenvalue weighted by Crippen LogP contribution is -2.43. The van der Waals surface area contributed by atoms with Gasteiger partial charge >= 0.3 is 0 Å². The molecular formula is C12H19N3O2S. The zero-order valence-corrected chi connectivity index (χ0v) is 11.2. The number of hydrogen-bond acceptors (Lipinski definition) is 5. The largest absolute Gasteiger partial charge is 0.388 e. The Hall–Kier alpha value is -0.590. The van der Waals surface area contributed by atoms with E-state index in [4.69, 9.17) is 4.74 Å². The normalized spacial score (nSPS) is 27.5. The van der Waals surface area contributed by atoms with Gasteiger partial charge in [-0.05, 0) is 37.2 Å². The summed E-state index contributed by atoms with van der Waals surface area (Å²) in [5.41, 5.74) is 0.0485. The molecule has 0 radical (unpaired) electrons. The second-order valence-electron chi connectivity index (χ2n) is 5.07. The third kappa shape index (κ3) is 2.29. The summed E-state index contributed by atoms with van der Waals surface area (Å²) in [6.07, 6.45) is 5.77.